The lowest BCUT2D eigenvalue weighted by Crippen LogP contribution is -2.40. The van der Waals surface area contributed by atoms with E-state index in [0.717, 1.165) is 30.5 Å². The molecule has 7 heteroatoms. The molecule has 3 rings (SSSR count). The van der Waals surface area contributed by atoms with Gasteiger partial charge in [0.2, 0.25) is 0 Å². The van der Waals surface area contributed by atoms with Crippen molar-refractivity contribution in [3.63, 3.8) is 0 Å². The van der Waals surface area contributed by atoms with Gasteiger partial charge in [-0.3, -0.25) is 9.59 Å². The highest BCUT2D eigenvalue weighted by Crippen LogP contribution is 2.29. The summed E-state index contributed by atoms with van der Waals surface area (Å²) >= 11 is 1.29. The molecule has 0 bridgehead atoms. The van der Waals surface area contributed by atoms with Gasteiger partial charge in [-0.25, -0.2) is 9.67 Å². The Labute approximate surface area is 157 Å². The summed E-state index contributed by atoms with van der Waals surface area (Å²) in [6, 6.07) is 0.221. The van der Waals surface area contributed by atoms with Gasteiger partial charge in [-0.2, -0.15) is 5.10 Å². The summed E-state index contributed by atoms with van der Waals surface area (Å²) in [6.45, 7) is 7.77. The average Bonchev–Trinajstić information content (AvgIpc) is 2.97. The van der Waals surface area contributed by atoms with E-state index in [0.29, 0.717) is 27.1 Å². The van der Waals surface area contributed by atoms with Gasteiger partial charge in [-0.15, -0.1) is 11.3 Å². The molecule has 140 valence electrons. The van der Waals surface area contributed by atoms with Crippen LogP contribution >= 0.6 is 11.3 Å². The molecule has 2 heterocycles. The number of nitrogens with zero attached hydrogens (tertiary/aromatic N) is 3. The highest BCUT2D eigenvalue weighted by molar-refractivity contribution is 7.17. The van der Waals surface area contributed by atoms with E-state index in [1.165, 1.54) is 22.4 Å². The van der Waals surface area contributed by atoms with Crippen molar-refractivity contribution in [2.24, 2.45) is 13.0 Å². The van der Waals surface area contributed by atoms with Gasteiger partial charge >= 0.3 is 0 Å². The molecule has 0 aromatic carbocycles. The van der Waals surface area contributed by atoms with Crippen LogP contribution in [0.1, 0.15) is 59.2 Å². The summed E-state index contributed by atoms with van der Waals surface area (Å²) < 4.78 is 1.33. The maximum Gasteiger partial charge on any atom is 0.277 e. The van der Waals surface area contributed by atoms with Crippen LogP contribution in [0.2, 0.25) is 0 Å². The van der Waals surface area contributed by atoms with Gasteiger partial charge < -0.3 is 5.32 Å². The van der Waals surface area contributed by atoms with E-state index in [2.05, 4.69) is 22.3 Å². The number of carbonyl (C=O) groups excluding carboxylic acids is 1. The Kier molecular flexibility index (Phi) is 5.27. The van der Waals surface area contributed by atoms with Crippen LogP contribution in [0.25, 0.3) is 10.6 Å². The van der Waals surface area contributed by atoms with Crippen LogP contribution in [-0.2, 0) is 7.05 Å². The molecule has 6 nitrogen and oxygen atoms in total. The first-order valence-electron chi connectivity index (χ1n) is 9.12. The summed E-state index contributed by atoms with van der Waals surface area (Å²) in [6.07, 6.45) is 4.58. The molecular formula is C19H26N4O2S. The lowest BCUT2D eigenvalue weighted by molar-refractivity contribution is 0.0913. The number of rotatable bonds is 3. The number of amides is 1. The predicted molar refractivity (Wildman–Crippen MR) is 104 cm³/mol. The van der Waals surface area contributed by atoms with E-state index in [1.54, 1.807) is 7.05 Å². The first-order chi connectivity index (χ1) is 12.3. The van der Waals surface area contributed by atoms with E-state index in [4.69, 9.17) is 0 Å². The van der Waals surface area contributed by atoms with E-state index >= 15 is 0 Å². The molecule has 2 aromatic heterocycles. The quantitative estimate of drug-likeness (QED) is 0.895. The fourth-order valence-electron chi connectivity index (χ4n) is 3.58. The minimum atomic E-state index is -0.185. The van der Waals surface area contributed by atoms with Gasteiger partial charge in [-0.05, 0) is 45.1 Å². The number of hydrogen-bond acceptors (Lipinski definition) is 5. The second-order valence-electron chi connectivity index (χ2n) is 7.29. The van der Waals surface area contributed by atoms with Crippen molar-refractivity contribution in [2.45, 2.75) is 59.4 Å². The molecule has 26 heavy (non-hydrogen) atoms. The molecule has 0 radical (unpaired) electrons. The molecule has 1 aliphatic rings. The number of aryl methyl sites for hydroxylation is 3. The van der Waals surface area contributed by atoms with Gasteiger partial charge in [0.1, 0.15) is 9.88 Å². The van der Waals surface area contributed by atoms with Crippen LogP contribution in [0.15, 0.2) is 4.79 Å². The average molecular weight is 375 g/mol. The van der Waals surface area contributed by atoms with Crippen LogP contribution < -0.4 is 10.9 Å². The van der Waals surface area contributed by atoms with Crippen LogP contribution in [0, 0.1) is 26.7 Å². The Balaban J connectivity index is 1.93. The largest absolute Gasteiger partial charge is 0.348 e. The molecule has 1 saturated carbocycles. The molecule has 1 aliphatic carbocycles. The smallest absolute Gasteiger partial charge is 0.277 e. The zero-order chi connectivity index (χ0) is 19.0. The normalized spacial score (nSPS) is 20.2. The lowest BCUT2D eigenvalue weighted by Gasteiger charge is -2.29. The van der Waals surface area contributed by atoms with Gasteiger partial charge in [0, 0.05) is 13.1 Å². The second kappa shape index (κ2) is 7.31. The molecule has 1 amide bonds. The topological polar surface area (TPSA) is 76.9 Å². The Hall–Kier alpha value is -2.02. The van der Waals surface area contributed by atoms with Crippen molar-refractivity contribution >= 4 is 17.2 Å². The molecule has 0 aliphatic heterocycles. The van der Waals surface area contributed by atoms with Gasteiger partial charge in [-0.1, -0.05) is 19.8 Å². The lowest BCUT2D eigenvalue weighted by atomic mass is 9.86. The van der Waals surface area contributed by atoms with Crippen LogP contribution in [0.3, 0.4) is 0 Å². The molecule has 2 unspecified atom stereocenters. The zero-order valence-corrected chi connectivity index (χ0v) is 16.9. The Morgan fingerprint density at radius 1 is 1.19 bits per heavy atom. The van der Waals surface area contributed by atoms with Crippen molar-refractivity contribution in [2.75, 3.05) is 0 Å². The molecule has 1 N–H and O–H groups in total. The first kappa shape index (κ1) is 18.8. The fourth-order valence-corrected chi connectivity index (χ4v) is 4.64. The Morgan fingerprint density at radius 2 is 1.88 bits per heavy atom. The van der Waals surface area contributed by atoms with Crippen LogP contribution in [0.5, 0.6) is 0 Å². The molecule has 2 aromatic rings. The Morgan fingerprint density at radius 3 is 2.58 bits per heavy atom. The molecule has 1 fully saturated rings. The van der Waals surface area contributed by atoms with E-state index in [-0.39, 0.29) is 17.5 Å². The third kappa shape index (κ3) is 3.45. The van der Waals surface area contributed by atoms with Gasteiger partial charge in [0.25, 0.3) is 11.5 Å². The summed E-state index contributed by atoms with van der Waals surface area (Å²) in [4.78, 5) is 30.5. The minimum Gasteiger partial charge on any atom is -0.348 e. The van der Waals surface area contributed by atoms with E-state index in [9.17, 15) is 9.59 Å². The first-order valence-corrected chi connectivity index (χ1v) is 9.94. The Bertz CT molecular complexity index is 900. The van der Waals surface area contributed by atoms with Crippen molar-refractivity contribution in [3.05, 3.63) is 32.2 Å². The summed E-state index contributed by atoms with van der Waals surface area (Å²) in [5, 5.41) is 7.98. The number of thiazole rings is 1. The molecule has 0 spiro atoms. The standard InChI is InChI=1S/C19H26N4O2S/c1-10-8-6-7-9-14(10)21-17(24)16-13(4)20-18(26-16)15-11(2)12(3)22-23(5)19(15)25/h10,14H,6-9H2,1-5H3,(H,21,24). The molecule has 2 atom stereocenters. The highest BCUT2D eigenvalue weighted by atomic mass is 32.1. The minimum absolute atomic E-state index is 0.0785. The van der Waals surface area contributed by atoms with Crippen molar-refractivity contribution in [1.29, 1.82) is 0 Å². The monoisotopic (exact) mass is 374 g/mol. The summed E-state index contributed by atoms with van der Waals surface area (Å²) in [5.41, 5.74) is 2.63. The van der Waals surface area contributed by atoms with Crippen molar-refractivity contribution < 1.29 is 4.79 Å². The number of hydrogen-bond donors (Lipinski definition) is 1. The molecular weight excluding hydrogens is 348 g/mol. The zero-order valence-electron chi connectivity index (χ0n) is 16.0. The summed E-state index contributed by atoms with van der Waals surface area (Å²) in [7, 11) is 1.64. The summed E-state index contributed by atoms with van der Waals surface area (Å²) in [5.74, 6) is 0.419. The maximum atomic E-state index is 12.8. The second-order valence-corrected chi connectivity index (χ2v) is 8.29. The maximum absolute atomic E-state index is 12.8. The predicted octanol–water partition coefficient (Wildman–Crippen LogP) is 3.14. The number of aromatic nitrogens is 3. The van der Waals surface area contributed by atoms with Crippen molar-refractivity contribution in [1.82, 2.24) is 20.1 Å². The molecule has 0 saturated heterocycles. The van der Waals surface area contributed by atoms with E-state index < -0.39 is 0 Å². The van der Waals surface area contributed by atoms with Crippen LogP contribution in [0.4, 0.5) is 0 Å². The highest BCUT2D eigenvalue weighted by Gasteiger charge is 2.26. The SMILES string of the molecule is Cc1nc(-c2c(C)c(C)nn(C)c2=O)sc1C(=O)NC1CCCCC1C. The third-order valence-corrected chi connectivity index (χ3v) is 6.54. The van der Waals surface area contributed by atoms with Crippen molar-refractivity contribution in [3.8, 4) is 10.6 Å². The number of nitrogens with one attached hydrogen (secondary N) is 1. The van der Waals surface area contributed by atoms with E-state index in [1.807, 2.05) is 20.8 Å². The fraction of sp³-hybridized carbons (Fsp3) is 0.579. The van der Waals surface area contributed by atoms with Gasteiger partial charge in [0.05, 0.1) is 17.0 Å². The van der Waals surface area contributed by atoms with Crippen LogP contribution in [-0.4, -0.2) is 26.7 Å². The third-order valence-electron chi connectivity index (χ3n) is 5.37. The number of carbonyl (C=O) groups is 1. The van der Waals surface area contributed by atoms with Gasteiger partial charge in [0.15, 0.2) is 0 Å².